The molecule has 4 nitrogen and oxygen atoms in total. The summed E-state index contributed by atoms with van der Waals surface area (Å²) >= 11 is 2.27. The number of hydrogen-bond donors (Lipinski definition) is 0. The highest BCUT2D eigenvalue weighted by Crippen LogP contribution is 2.29. The van der Waals surface area contributed by atoms with E-state index in [1.807, 2.05) is 45.0 Å². The molecule has 0 bridgehead atoms. The number of esters is 1. The fourth-order valence-corrected chi connectivity index (χ4v) is 2.85. The van der Waals surface area contributed by atoms with E-state index in [1.54, 1.807) is 7.11 Å². The molecule has 0 heterocycles. The first-order chi connectivity index (χ1) is 10.5. The molecule has 0 aliphatic rings. The minimum Gasteiger partial charge on any atom is -0.459 e. The number of carbonyl (C=O) groups is 1. The van der Waals surface area contributed by atoms with Gasteiger partial charge in [0.1, 0.15) is 19.0 Å². The molecule has 1 aromatic carbocycles. The monoisotopic (exact) mass is 420 g/mol. The second kappa shape index (κ2) is 10.2. The van der Waals surface area contributed by atoms with Crippen molar-refractivity contribution in [3.05, 3.63) is 33.4 Å². The lowest BCUT2D eigenvalue weighted by atomic mass is 10.0. The molecule has 5 heteroatoms. The second-order valence-electron chi connectivity index (χ2n) is 5.55. The van der Waals surface area contributed by atoms with Crippen LogP contribution in [0.4, 0.5) is 0 Å². The van der Waals surface area contributed by atoms with Gasteiger partial charge in [-0.15, -0.1) is 0 Å². The summed E-state index contributed by atoms with van der Waals surface area (Å²) in [5.41, 5.74) is 1.02. The molecule has 1 aromatic rings. The Bertz CT molecular complexity index is 462. The van der Waals surface area contributed by atoms with Gasteiger partial charge in [0.2, 0.25) is 0 Å². The summed E-state index contributed by atoms with van der Waals surface area (Å²) in [6.07, 6.45) is 0.453. The average molecular weight is 420 g/mol. The van der Waals surface area contributed by atoms with E-state index >= 15 is 0 Å². The predicted octanol–water partition coefficient (Wildman–Crippen LogP) is 4.32. The molecule has 0 N–H and O–H groups in total. The molecule has 0 saturated heterocycles. The Morgan fingerprint density at radius 3 is 2.50 bits per heavy atom. The van der Waals surface area contributed by atoms with E-state index in [-0.39, 0.29) is 30.9 Å². The first kappa shape index (κ1) is 19.4. The Morgan fingerprint density at radius 2 is 1.95 bits per heavy atom. The van der Waals surface area contributed by atoms with Crippen molar-refractivity contribution in [1.29, 1.82) is 0 Å². The second-order valence-corrected chi connectivity index (χ2v) is 6.71. The smallest absolute Gasteiger partial charge is 0.306 e. The van der Waals surface area contributed by atoms with E-state index in [0.29, 0.717) is 12.8 Å². The molecule has 0 radical (unpaired) electrons. The summed E-state index contributed by atoms with van der Waals surface area (Å²) in [6.45, 7) is 6.16. The molecule has 0 aliphatic heterocycles. The van der Waals surface area contributed by atoms with Gasteiger partial charge >= 0.3 is 5.97 Å². The van der Waals surface area contributed by atoms with Gasteiger partial charge in [0.15, 0.2) is 0 Å². The van der Waals surface area contributed by atoms with Crippen LogP contribution in [0.1, 0.15) is 45.3 Å². The lowest BCUT2D eigenvalue weighted by Crippen LogP contribution is -2.28. The van der Waals surface area contributed by atoms with Crippen molar-refractivity contribution in [3.63, 3.8) is 0 Å². The third-order valence-electron chi connectivity index (χ3n) is 3.17. The topological polar surface area (TPSA) is 44.8 Å². The highest BCUT2D eigenvalue weighted by atomic mass is 127. The van der Waals surface area contributed by atoms with Crippen LogP contribution in [0.15, 0.2) is 24.3 Å². The zero-order chi connectivity index (χ0) is 16.5. The number of ether oxygens (including phenoxy) is 3. The zero-order valence-corrected chi connectivity index (χ0v) is 15.8. The van der Waals surface area contributed by atoms with Crippen LogP contribution in [0.5, 0.6) is 0 Å². The normalized spacial score (nSPS) is 13.9. The minimum absolute atomic E-state index is 0.161. The quantitative estimate of drug-likeness (QED) is 0.339. The largest absolute Gasteiger partial charge is 0.459 e. The Labute approximate surface area is 146 Å². The third-order valence-corrected chi connectivity index (χ3v) is 4.16. The predicted molar refractivity (Wildman–Crippen MR) is 94.5 cm³/mol. The van der Waals surface area contributed by atoms with Crippen molar-refractivity contribution in [2.75, 3.05) is 13.9 Å². The van der Waals surface area contributed by atoms with E-state index in [1.165, 1.54) is 0 Å². The van der Waals surface area contributed by atoms with Crippen LogP contribution in [0.2, 0.25) is 0 Å². The van der Waals surface area contributed by atoms with Crippen molar-refractivity contribution in [1.82, 2.24) is 0 Å². The molecule has 0 fully saturated rings. The molecule has 0 spiro atoms. The Morgan fingerprint density at radius 1 is 1.27 bits per heavy atom. The molecular weight excluding hydrogens is 395 g/mol. The van der Waals surface area contributed by atoms with Gasteiger partial charge in [0.05, 0.1) is 0 Å². The van der Waals surface area contributed by atoms with Crippen molar-refractivity contribution < 1.29 is 19.0 Å². The molecule has 0 saturated carbocycles. The standard InChI is InChI=1S/C17H25IO4/c1-5-15(22-16(19)10-12(2)3)17(21-11-20-4)13-8-6-7-9-14(13)18/h6-9,12,15,17H,5,10-11H2,1-4H3/t15-,17-/m0/s1. The molecule has 0 unspecified atom stereocenters. The van der Waals surface area contributed by atoms with E-state index in [9.17, 15) is 4.79 Å². The van der Waals surface area contributed by atoms with Gasteiger partial charge in [-0.1, -0.05) is 39.0 Å². The maximum atomic E-state index is 12.0. The SMILES string of the molecule is CC[C@H](OC(=O)CC(C)C)[C@@H](OCOC)c1ccccc1I. The highest BCUT2D eigenvalue weighted by Gasteiger charge is 2.28. The molecule has 124 valence electrons. The van der Waals surface area contributed by atoms with Crippen molar-refractivity contribution >= 4 is 28.6 Å². The summed E-state index contributed by atoms with van der Waals surface area (Å²) in [6, 6.07) is 7.95. The molecule has 0 amide bonds. The fraction of sp³-hybridized carbons (Fsp3) is 0.588. The molecule has 0 aromatic heterocycles. The van der Waals surface area contributed by atoms with Gasteiger partial charge in [0, 0.05) is 17.1 Å². The third kappa shape index (κ3) is 6.22. The highest BCUT2D eigenvalue weighted by molar-refractivity contribution is 14.1. The van der Waals surface area contributed by atoms with Crippen LogP contribution in [0, 0.1) is 9.49 Å². The number of halogens is 1. The summed E-state index contributed by atoms with van der Waals surface area (Å²) in [5.74, 6) is 0.0963. The summed E-state index contributed by atoms with van der Waals surface area (Å²) in [5, 5.41) is 0. The lowest BCUT2D eigenvalue weighted by molar-refractivity contribution is -0.167. The van der Waals surface area contributed by atoms with Crippen molar-refractivity contribution in [2.24, 2.45) is 5.92 Å². The van der Waals surface area contributed by atoms with Crippen LogP contribution >= 0.6 is 22.6 Å². The lowest BCUT2D eigenvalue weighted by Gasteiger charge is -2.27. The number of methoxy groups -OCH3 is 1. The number of benzene rings is 1. The first-order valence-electron chi connectivity index (χ1n) is 7.54. The Balaban J connectivity index is 2.92. The number of hydrogen-bond acceptors (Lipinski definition) is 4. The van der Waals surface area contributed by atoms with E-state index in [4.69, 9.17) is 14.2 Å². The Hall–Kier alpha value is -0.660. The minimum atomic E-state index is -0.325. The fourth-order valence-electron chi connectivity index (χ4n) is 2.15. The van der Waals surface area contributed by atoms with Gasteiger partial charge in [-0.2, -0.15) is 0 Å². The van der Waals surface area contributed by atoms with Crippen molar-refractivity contribution in [3.8, 4) is 0 Å². The van der Waals surface area contributed by atoms with Gasteiger partial charge < -0.3 is 14.2 Å². The van der Waals surface area contributed by atoms with Gasteiger partial charge in [-0.25, -0.2) is 0 Å². The first-order valence-corrected chi connectivity index (χ1v) is 8.61. The Kier molecular flexibility index (Phi) is 8.97. The maximum Gasteiger partial charge on any atom is 0.306 e. The zero-order valence-electron chi connectivity index (χ0n) is 13.7. The van der Waals surface area contributed by atoms with Gasteiger partial charge in [0.25, 0.3) is 0 Å². The van der Waals surface area contributed by atoms with Crippen molar-refractivity contribution in [2.45, 2.75) is 45.8 Å². The van der Waals surface area contributed by atoms with Gasteiger partial charge in [-0.05, 0) is 46.6 Å². The molecule has 2 atom stereocenters. The number of carbonyl (C=O) groups excluding carboxylic acids is 1. The number of rotatable bonds is 9. The van der Waals surface area contributed by atoms with Crippen LogP contribution in [-0.4, -0.2) is 26.0 Å². The van der Waals surface area contributed by atoms with E-state index in [2.05, 4.69) is 22.6 Å². The van der Waals surface area contributed by atoms with E-state index in [0.717, 1.165) is 9.13 Å². The van der Waals surface area contributed by atoms with Crippen LogP contribution in [0.3, 0.4) is 0 Å². The maximum absolute atomic E-state index is 12.0. The summed E-state index contributed by atoms with van der Waals surface area (Å²) in [4.78, 5) is 12.0. The molecule has 0 aliphatic carbocycles. The molecule has 22 heavy (non-hydrogen) atoms. The average Bonchev–Trinajstić information content (AvgIpc) is 2.47. The molecular formula is C17H25IO4. The van der Waals surface area contributed by atoms with Crippen LogP contribution in [-0.2, 0) is 19.0 Å². The summed E-state index contributed by atoms with van der Waals surface area (Å²) in [7, 11) is 1.58. The molecule has 1 rings (SSSR count). The van der Waals surface area contributed by atoms with Gasteiger partial charge in [-0.3, -0.25) is 4.79 Å². The van der Waals surface area contributed by atoms with Crippen LogP contribution < -0.4 is 0 Å². The van der Waals surface area contributed by atoms with E-state index < -0.39 is 0 Å². The summed E-state index contributed by atoms with van der Waals surface area (Å²) < 4.78 is 17.6. The van der Waals surface area contributed by atoms with Crippen LogP contribution in [0.25, 0.3) is 0 Å².